The predicted molar refractivity (Wildman–Crippen MR) is 128 cm³/mol. The zero-order chi connectivity index (χ0) is 20.8. The van der Waals surface area contributed by atoms with E-state index in [1.165, 1.54) is 89.9 Å². The Balaban J connectivity index is 4.20. The Morgan fingerprint density at radius 1 is 0.519 bits per heavy atom. The van der Waals surface area contributed by atoms with Crippen LogP contribution in [-0.4, -0.2) is 15.0 Å². The standard InChI is InChI=1S/C26H54Se/c1-9-11-13-15-17-19-21-23(3)25(5,6)27-26(7,8)24(4)22-20-18-16-14-12-10-2/h23-24H,9-22H2,1-8H3. The van der Waals surface area contributed by atoms with E-state index in [9.17, 15) is 0 Å². The quantitative estimate of drug-likeness (QED) is 0.145. The maximum absolute atomic E-state index is 2.56. The molecule has 0 aliphatic rings. The van der Waals surface area contributed by atoms with Gasteiger partial charge in [-0.3, -0.25) is 0 Å². The first-order chi connectivity index (χ1) is 12.7. The zero-order valence-corrected chi connectivity index (χ0v) is 22.2. The van der Waals surface area contributed by atoms with Gasteiger partial charge < -0.3 is 0 Å². The second-order valence-electron chi connectivity index (χ2n) is 10.2. The van der Waals surface area contributed by atoms with Gasteiger partial charge >= 0.3 is 181 Å². The van der Waals surface area contributed by atoms with Gasteiger partial charge in [-0.2, -0.15) is 0 Å². The van der Waals surface area contributed by atoms with Gasteiger partial charge in [0.2, 0.25) is 0 Å². The molecule has 0 nitrogen and oxygen atoms in total. The molecule has 0 aromatic heterocycles. The molecule has 0 aliphatic carbocycles. The van der Waals surface area contributed by atoms with E-state index in [4.69, 9.17) is 0 Å². The van der Waals surface area contributed by atoms with E-state index in [2.05, 4.69) is 55.4 Å². The van der Waals surface area contributed by atoms with Gasteiger partial charge in [0.15, 0.2) is 0 Å². The summed E-state index contributed by atoms with van der Waals surface area (Å²) < 4.78 is 1.05. The summed E-state index contributed by atoms with van der Waals surface area (Å²) in [4.78, 5) is 0. The monoisotopic (exact) mass is 446 g/mol. The average Bonchev–Trinajstić information content (AvgIpc) is 2.59. The molecule has 0 saturated carbocycles. The van der Waals surface area contributed by atoms with E-state index in [0.29, 0.717) is 23.6 Å². The van der Waals surface area contributed by atoms with Crippen LogP contribution < -0.4 is 0 Å². The van der Waals surface area contributed by atoms with Crippen LogP contribution in [-0.2, 0) is 0 Å². The van der Waals surface area contributed by atoms with E-state index >= 15 is 0 Å². The normalized spacial score (nSPS) is 15.1. The fraction of sp³-hybridized carbons (Fsp3) is 1.00. The molecular formula is C26H54Se. The van der Waals surface area contributed by atoms with Gasteiger partial charge in [-0.05, 0) is 0 Å². The van der Waals surface area contributed by atoms with Crippen molar-refractivity contribution < 1.29 is 0 Å². The van der Waals surface area contributed by atoms with Crippen LogP contribution in [0.25, 0.3) is 0 Å². The van der Waals surface area contributed by atoms with Crippen molar-refractivity contribution in [2.75, 3.05) is 0 Å². The van der Waals surface area contributed by atoms with E-state index in [1.54, 1.807) is 0 Å². The van der Waals surface area contributed by atoms with Crippen molar-refractivity contribution in [1.82, 2.24) is 0 Å². The number of hydrogen-bond acceptors (Lipinski definition) is 0. The summed E-state index contributed by atoms with van der Waals surface area (Å²) in [5.74, 6) is 1.73. The molecular weight excluding hydrogens is 391 g/mol. The van der Waals surface area contributed by atoms with Crippen LogP contribution in [0.5, 0.6) is 0 Å². The van der Waals surface area contributed by atoms with Crippen LogP contribution in [0.4, 0.5) is 0 Å². The molecule has 0 amide bonds. The summed E-state index contributed by atoms with van der Waals surface area (Å²) in [5, 5.41) is 0. The van der Waals surface area contributed by atoms with Crippen LogP contribution in [0.1, 0.15) is 145 Å². The second-order valence-corrected chi connectivity index (χ2v) is 15.1. The van der Waals surface area contributed by atoms with Crippen LogP contribution in [0.15, 0.2) is 0 Å². The SMILES string of the molecule is CCCCCCCCC(C)C(C)(C)[Se]C(C)(C)C(C)CCCCCCCC. The first-order valence-corrected chi connectivity index (χ1v) is 14.1. The summed E-state index contributed by atoms with van der Waals surface area (Å²) in [7, 11) is 0. The molecule has 0 bridgehead atoms. The van der Waals surface area contributed by atoms with Crippen molar-refractivity contribution in [3.05, 3.63) is 0 Å². The fourth-order valence-electron chi connectivity index (χ4n) is 4.04. The Labute approximate surface area is 180 Å². The summed E-state index contributed by atoms with van der Waals surface area (Å²) in [6, 6.07) is 0. The molecule has 0 rings (SSSR count). The molecule has 1 heteroatoms. The third-order valence-corrected chi connectivity index (χ3v) is 10.8. The average molecular weight is 446 g/mol. The molecule has 0 radical (unpaired) electrons. The summed E-state index contributed by atoms with van der Waals surface area (Å²) in [6.07, 6.45) is 20.0. The van der Waals surface area contributed by atoms with Gasteiger partial charge in [-0.25, -0.2) is 0 Å². The van der Waals surface area contributed by atoms with Crippen LogP contribution in [0.3, 0.4) is 0 Å². The first kappa shape index (κ1) is 27.5. The second kappa shape index (κ2) is 15.4. The van der Waals surface area contributed by atoms with Gasteiger partial charge in [0, 0.05) is 0 Å². The Hall–Kier alpha value is 0.519. The maximum atomic E-state index is 2.56. The third-order valence-electron chi connectivity index (χ3n) is 6.88. The van der Waals surface area contributed by atoms with Crippen molar-refractivity contribution in [1.29, 1.82) is 0 Å². The molecule has 2 atom stereocenters. The number of hydrogen-bond donors (Lipinski definition) is 0. The van der Waals surface area contributed by atoms with Crippen molar-refractivity contribution in [3.8, 4) is 0 Å². The van der Waals surface area contributed by atoms with Gasteiger partial charge in [0.1, 0.15) is 0 Å². The van der Waals surface area contributed by atoms with Crippen LogP contribution >= 0.6 is 0 Å². The van der Waals surface area contributed by atoms with Crippen molar-refractivity contribution >= 4 is 15.0 Å². The van der Waals surface area contributed by atoms with Gasteiger partial charge in [-0.1, -0.05) is 0 Å². The molecule has 0 heterocycles. The van der Waals surface area contributed by atoms with Gasteiger partial charge in [0.05, 0.1) is 0 Å². The summed E-state index contributed by atoms with van der Waals surface area (Å²) >= 11 is 0.698. The molecule has 2 unspecified atom stereocenters. The van der Waals surface area contributed by atoms with E-state index in [0.717, 1.165) is 11.8 Å². The molecule has 0 aliphatic heterocycles. The topological polar surface area (TPSA) is 0 Å². The van der Waals surface area contributed by atoms with Crippen molar-refractivity contribution in [3.63, 3.8) is 0 Å². The molecule has 164 valence electrons. The molecule has 0 N–H and O–H groups in total. The van der Waals surface area contributed by atoms with Crippen LogP contribution in [0, 0.1) is 11.8 Å². The zero-order valence-electron chi connectivity index (χ0n) is 20.5. The third kappa shape index (κ3) is 13.4. The number of unbranched alkanes of at least 4 members (excludes halogenated alkanes) is 10. The number of rotatable bonds is 18. The fourth-order valence-corrected chi connectivity index (χ4v) is 8.22. The first-order valence-electron chi connectivity index (χ1n) is 12.4. The molecule has 0 aromatic rings. The molecule has 0 aromatic carbocycles. The Bertz CT molecular complexity index is 299. The predicted octanol–water partition coefficient (Wildman–Crippen LogP) is 9.86. The van der Waals surface area contributed by atoms with Crippen LogP contribution in [0.2, 0.25) is 8.63 Å². The van der Waals surface area contributed by atoms with E-state index in [-0.39, 0.29) is 0 Å². The molecule has 27 heavy (non-hydrogen) atoms. The van der Waals surface area contributed by atoms with E-state index < -0.39 is 0 Å². The van der Waals surface area contributed by atoms with E-state index in [1.807, 2.05) is 0 Å². The Morgan fingerprint density at radius 3 is 1.15 bits per heavy atom. The van der Waals surface area contributed by atoms with Crippen molar-refractivity contribution in [2.24, 2.45) is 11.8 Å². The van der Waals surface area contributed by atoms with Gasteiger partial charge in [0.25, 0.3) is 0 Å². The Kier molecular flexibility index (Phi) is 15.7. The minimum absolute atomic E-state index is 0.523. The Morgan fingerprint density at radius 2 is 0.815 bits per heavy atom. The minimum atomic E-state index is 0.523. The molecule has 0 fully saturated rings. The van der Waals surface area contributed by atoms with Crippen molar-refractivity contribution in [2.45, 2.75) is 154 Å². The summed E-state index contributed by atoms with van der Waals surface area (Å²) in [5.41, 5.74) is 0. The molecule has 0 saturated heterocycles. The summed E-state index contributed by atoms with van der Waals surface area (Å²) in [6.45, 7) is 19.9. The van der Waals surface area contributed by atoms with Gasteiger partial charge in [-0.15, -0.1) is 0 Å². The molecule has 0 spiro atoms.